The van der Waals surface area contributed by atoms with Gasteiger partial charge in [0.15, 0.2) is 0 Å². The molecule has 0 saturated heterocycles. The van der Waals surface area contributed by atoms with E-state index >= 15 is 0 Å². The molecule has 3 N–H and O–H groups in total. The average molecular weight is 323 g/mol. The lowest BCUT2D eigenvalue weighted by atomic mass is 10.0. The molecule has 0 bridgehead atoms. The first-order chi connectivity index (χ1) is 10.9. The molecule has 0 spiro atoms. The molecule has 0 aromatic heterocycles. The summed E-state index contributed by atoms with van der Waals surface area (Å²) in [5.74, 6) is 0.263. The summed E-state index contributed by atoms with van der Waals surface area (Å²) in [5.41, 5.74) is 0.811. The summed E-state index contributed by atoms with van der Waals surface area (Å²) in [6.45, 7) is 7.18. The summed E-state index contributed by atoms with van der Waals surface area (Å²) in [7, 11) is 0. The molecule has 0 amide bonds. The van der Waals surface area contributed by atoms with Crippen LogP contribution in [0.1, 0.15) is 51.7 Å². The van der Waals surface area contributed by atoms with E-state index in [1.807, 2.05) is 38.1 Å². The maximum absolute atomic E-state index is 11.2. The van der Waals surface area contributed by atoms with Gasteiger partial charge in [0.25, 0.3) is 0 Å². The Morgan fingerprint density at radius 3 is 2.43 bits per heavy atom. The minimum absolute atomic E-state index is 0.309. The minimum atomic E-state index is -0.842. The summed E-state index contributed by atoms with van der Waals surface area (Å²) in [5, 5.41) is 22.4. The molecule has 0 aliphatic carbocycles. The van der Waals surface area contributed by atoms with Crippen LogP contribution in [0.4, 0.5) is 0 Å². The Morgan fingerprint density at radius 1 is 1.26 bits per heavy atom. The molecule has 0 heterocycles. The van der Waals surface area contributed by atoms with E-state index in [9.17, 15) is 9.90 Å². The molecule has 0 unspecified atom stereocenters. The Labute approximate surface area is 138 Å². The first kappa shape index (κ1) is 19.5. The van der Waals surface area contributed by atoms with Crippen molar-refractivity contribution in [3.63, 3.8) is 0 Å². The van der Waals surface area contributed by atoms with Crippen LogP contribution in [0.3, 0.4) is 0 Å². The maximum atomic E-state index is 11.2. The summed E-state index contributed by atoms with van der Waals surface area (Å²) < 4.78 is 5.51. The molecule has 5 nitrogen and oxygen atoms in total. The standard InChI is InChI=1S/C18H29NO4/c1-4-11-23-15-7-5-14(6-8-15)17(20)9-10-19-16(18(21)22)12-13(2)3/h5-8,13,16-17,19-20H,4,9-12H2,1-3H3,(H,21,22)/t16-,17+/m1/s1. The van der Waals surface area contributed by atoms with E-state index in [-0.39, 0.29) is 0 Å². The molecule has 0 aliphatic heterocycles. The molecule has 2 atom stereocenters. The molecule has 0 saturated carbocycles. The molecule has 1 aromatic carbocycles. The smallest absolute Gasteiger partial charge is 0.320 e. The zero-order valence-corrected chi connectivity index (χ0v) is 14.3. The maximum Gasteiger partial charge on any atom is 0.320 e. The molecule has 5 heteroatoms. The molecule has 130 valence electrons. The SMILES string of the molecule is CCCOc1ccc([C@@H](O)CCN[C@H](CC(C)C)C(=O)O)cc1. The summed E-state index contributed by atoms with van der Waals surface area (Å²) in [6, 6.07) is 6.82. The van der Waals surface area contributed by atoms with Gasteiger partial charge in [0, 0.05) is 0 Å². The number of hydrogen-bond donors (Lipinski definition) is 3. The summed E-state index contributed by atoms with van der Waals surface area (Å²) in [6.07, 6.45) is 1.39. The fraction of sp³-hybridized carbons (Fsp3) is 0.611. The van der Waals surface area contributed by atoms with E-state index in [0.29, 0.717) is 31.9 Å². The number of aliphatic carboxylic acids is 1. The van der Waals surface area contributed by atoms with Gasteiger partial charge in [-0.25, -0.2) is 0 Å². The lowest BCUT2D eigenvalue weighted by Crippen LogP contribution is -2.38. The summed E-state index contributed by atoms with van der Waals surface area (Å²) in [4.78, 5) is 11.2. The van der Waals surface area contributed by atoms with Crippen LogP contribution < -0.4 is 10.1 Å². The van der Waals surface area contributed by atoms with Crippen molar-refractivity contribution in [1.29, 1.82) is 0 Å². The number of aliphatic hydroxyl groups excluding tert-OH is 1. The lowest BCUT2D eigenvalue weighted by Gasteiger charge is -2.18. The molecule has 0 aliphatic rings. The Hall–Kier alpha value is -1.59. The van der Waals surface area contributed by atoms with Gasteiger partial charge < -0.3 is 20.3 Å². The van der Waals surface area contributed by atoms with E-state index in [2.05, 4.69) is 12.2 Å². The second-order valence-electron chi connectivity index (χ2n) is 6.20. The van der Waals surface area contributed by atoms with Gasteiger partial charge in [-0.15, -0.1) is 0 Å². The van der Waals surface area contributed by atoms with E-state index < -0.39 is 18.1 Å². The van der Waals surface area contributed by atoms with Gasteiger partial charge >= 0.3 is 5.97 Å². The van der Waals surface area contributed by atoms with Crippen molar-refractivity contribution >= 4 is 5.97 Å². The first-order valence-corrected chi connectivity index (χ1v) is 8.31. The topological polar surface area (TPSA) is 78.8 Å². The highest BCUT2D eigenvalue weighted by Crippen LogP contribution is 2.20. The van der Waals surface area contributed by atoms with Crippen LogP contribution in [0, 0.1) is 5.92 Å². The normalized spacial score (nSPS) is 13.8. The molecular formula is C18H29NO4. The predicted molar refractivity (Wildman–Crippen MR) is 90.7 cm³/mol. The lowest BCUT2D eigenvalue weighted by molar-refractivity contribution is -0.139. The number of hydrogen-bond acceptors (Lipinski definition) is 4. The zero-order valence-electron chi connectivity index (χ0n) is 14.3. The number of carboxylic acid groups (broad SMARTS) is 1. The van der Waals surface area contributed by atoms with Crippen LogP contribution in [0.25, 0.3) is 0 Å². The third-order valence-electron chi connectivity index (χ3n) is 3.55. The monoisotopic (exact) mass is 323 g/mol. The highest BCUT2D eigenvalue weighted by Gasteiger charge is 2.18. The van der Waals surface area contributed by atoms with E-state index in [1.165, 1.54) is 0 Å². The van der Waals surface area contributed by atoms with Gasteiger partial charge in [0.1, 0.15) is 11.8 Å². The molecule has 1 aromatic rings. The van der Waals surface area contributed by atoms with Crippen LogP contribution >= 0.6 is 0 Å². The van der Waals surface area contributed by atoms with E-state index in [1.54, 1.807) is 0 Å². The number of ether oxygens (including phenoxy) is 1. The second kappa shape index (κ2) is 10.2. The number of rotatable bonds is 11. The van der Waals surface area contributed by atoms with Gasteiger partial charge in [0.2, 0.25) is 0 Å². The Kier molecular flexibility index (Phi) is 8.66. The third-order valence-corrected chi connectivity index (χ3v) is 3.55. The second-order valence-corrected chi connectivity index (χ2v) is 6.20. The van der Waals surface area contributed by atoms with Crippen molar-refractivity contribution in [1.82, 2.24) is 5.32 Å². The Morgan fingerprint density at radius 2 is 1.91 bits per heavy atom. The fourth-order valence-electron chi connectivity index (χ4n) is 2.31. The van der Waals surface area contributed by atoms with Gasteiger partial charge in [0.05, 0.1) is 12.7 Å². The third kappa shape index (κ3) is 7.48. The zero-order chi connectivity index (χ0) is 17.2. The van der Waals surface area contributed by atoms with Crippen LogP contribution in [0.15, 0.2) is 24.3 Å². The molecule has 0 radical (unpaired) electrons. The van der Waals surface area contributed by atoms with Crippen molar-refractivity contribution < 1.29 is 19.7 Å². The van der Waals surface area contributed by atoms with Gasteiger partial charge in [-0.05, 0) is 49.4 Å². The van der Waals surface area contributed by atoms with Crippen LogP contribution in [-0.2, 0) is 4.79 Å². The predicted octanol–water partition coefficient (Wildman–Crippen LogP) is 2.99. The fourth-order valence-corrected chi connectivity index (χ4v) is 2.31. The number of aliphatic hydroxyl groups is 1. The number of benzene rings is 1. The Balaban J connectivity index is 2.43. The quantitative estimate of drug-likeness (QED) is 0.583. The van der Waals surface area contributed by atoms with Gasteiger partial charge in [-0.3, -0.25) is 4.79 Å². The molecule has 23 heavy (non-hydrogen) atoms. The minimum Gasteiger partial charge on any atom is -0.494 e. The molecule has 1 rings (SSSR count). The molecule has 0 fully saturated rings. The van der Waals surface area contributed by atoms with Crippen molar-refractivity contribution in [2.24, 2.45) is 5.92 Å². The van der Waals surface area contributed by atoms with Crippen LogP contribution in [0.2, 0.25) is 0 Å². The van der Waals surface area contributed by atoms with Crippen LogP contribution in [-0.4, -0.2) is 35.4 Å². The van der Waals surface area contributed by atoms with Crippen molar-refractivity contribution in [3.8, 4) is 5.75 Å². The summed E-state index contributed by atoms with van der Waals surface area (Å²) >= 11 is 0. The Bertz CT molecular complexity index is 459. The molecular weight excluding hydrogens is 294 g/mol. The average Bonchev–Trinajstić information content (AvgIpc) is 2.51. The van der Waals surface area contributed by atoms with Gasteiger partial charge in [-0.2, -0.15) is 0 Å². The number of carboxylic acids is 1. The van der Waals surface area contributed by atoms with Crippen molar-refractivity contribution in [2.75, 3.05) is 13.2 Å². The number of carbonyl (C=O) groups is 1. The van der Waals surface area contributed by atoms with Crippen LogP contribution in [0.5, 0.6) is 5.75 Å². The van der Waals surface area contributed by atoms with Crippen molar-refractivity contribution in [3.05, 3.63) is 29.8 Å². The highest BCUT2D eigenvalue weighted by atomic mass is 16.5. The van der Waals surface area contributed by atoms with E-state index in [0.717, 1.165) is 17.7 Å². The van der Waals surface area contributed by atoms with Gasteiger partial charge in [-0.1, -0.05) is 32.9 Å². The van der Waals surface area contributed by atoms with E-state index in [4.69, 9.17) is 9.84 Å². The highest BCUT2D eigenvalue weighted by molar-refractivity contribution is 5.73. The first-order valence-electron chi connectivity index (χ1n) is 8.31. The number of nitrogens with one attached hydrogen (secondary N) is 1. The largest absolute Gasteiger partial charge is 0.494 e. The van der Waals surface area contributed by atoms with Crippen molar-refractivity contribution in [2.45, 2.75) is 52.2 Å².